The second-order valence-electron chi connectivity index (χ2n) is 5.91. The number of benzene rings is 3. The quantitative estimate of drug-likeness (QED) is 0.266. The molecule has 0 radical (unpaired) electrons. The third-order valence-corrected chi connectivity index (χ3v) is 5.60. The van der Waals surface area contributed by atoms with Crippen molar-refractivity contribution >= 4 is 67.2 Å². The average Bonchev–Trinajstić information content (AvgIpc) is 2.70. The number of rotatable bonds is 6. The number of halogens is 4. The lowest BCUT2D eigenvalue weighted by molar-refractivity contribution is 0.0955. The van der Waals surface area contributed by atoms with Crippen LogP contribution in [0.5, 0.6) is 5.75 Å². The molecule has 3 aromatic rings. The summed E-state index contributed by atoms with van der Waals surface area (Å²) in [5.41, 5.74) is 4.56. The first-order chi connectivity index (χ1) is 13.9. The minimum Gasteiger partial charge on any atom is -0.487 e. The van der Waals surface area contributed by atoms with Crippen molar-refractivity contribution in [2.75, 3.05) is 0 Å². The molecule has 1 amide bonds. The SMILES string of the molecule is O=C(N/N=C\c1cc(Br)cc(Br)c1OCc1ccccc1)c1ccc(Cl)c(Cl)c1. The van der Waals surface area contributed by atoms with Crippen LogP contribution in [-0.2, 0) is 6.61 Å². The van der Waals surface area contributed by atoms with Crippen molar-refractivity contribution in [1.82, 2.24) is 5.43 Å². The standard InChI is InChI=1S/C21H14Br2Cl2N2O2/c22-16-8-15(11-26-27-21(28)14-6-7-18(24)19(25)9-14)20(17(23)10-16)29-12-13-4-2-1-3-5-13/h1-11H,12H2,(H,27,28)/b26-11-. The molecule has 0 aliphatic heterocycles. The maximum absolute atomic E-state index is 12.3. The molecule has 0 saturated carbocycles. The molecule has 8 heteroatoms. The molecule has 0 heterocycles. The van der Waals surface area contributed by atoms with Gasteiger partial charge in [0.25, 0.3) is 5.91 Å². The molecule has 0 aliphatic rings. The fraction of sp³-hybridized carbons (Fsp3) is 0.0476. The molecule has 29 heavy (non-hydrogen) atoms. The molecular weight excluding hydrogens is 543 g/mol. The third-order valence-electron chi connectivity index (χ3n) is 3.81. The van der Waals surface area contributed by atoms with Crippen molar-refractivity contribution < 1.29 is 9.53 Å². The van der Waals surface area contributed by atoms with Gasteiger partial charge in [-0.3, -0.25) is 4.79 Å². The van der Waals surface area contributed by atoms with Crippen molar-refractivity contribution in [3.63, 3.8) is 0 Å². The van der Waals surface area contributed by atoms with Crippen LogP contribution in [0.3, 0.4) is 0 Å². The molecule has 4 nitrogen and oxygen atoms in total. The second-order valence-corrected chi connectivity index (χ2v) is 8.49. The van der Waals surface area contributed by atoms with E-state index in [1.807, 2.05) is 42.5 Å². The van der Waals surface area contributed by atoms with Gasteiger partial charge < -0.3 is 4.74 Å². The zero-order valence-corrected chi connectivity index (χ0v) is 19.5. The Bertz CT molecular complexity index is 1060. The smallest absolute Gasteiger partial charge is 0.271 e. The summed E-state index contributed by atoms with van der Waals surface area (Å²) in [5.74, 6) is 0.213. The Kier molecular flexibility index (Phi) is 7.72. The van der Waals surface area contributed by atoms with Gasteiger partial charge in [-0.05, 0) is 51.8 Å². The normalized spacial score (nSPS) is 10.9. The highest BCUT2D eigenvalue weighted by molar-refractivity contribution is 9.11. The summed E-state index contributed by atoms with van der Waals surface area (Å²) in [6.07, 6.45) is 1.52. The second kappa shape index (κ2) is 10.3. The lowest BCUT2D eigenvalue weighted by Crippen LogP contribution is -2.17. The molecular formula is C21H14Br2Cl2N2O2. The number of amides is 1. The Labute approximate surface area is 195 Å². The minimum absolute atomic E-state index is 0.302. The van der Waals surface area contributed by atoms with E-state index >= 15 is 0 Å². The van der Waals surface area contributed by atoms with Gasteiger partial charge >= 0.3 is 0 Å². The number of nitrogens with zero attached hydrogens (tertiary/aromatic N) is 1. The number of carbonyl (C=O) groups is 1. The van der Waals surface area contributed by atoms with Crippen LogP contribution in [0.25, 0.3) is 0 Å². The Morgan fingerprint density at radius 2 is 1.79 bits per heavy atom. The number of nitrogens with one attached hydrogen (secondary N) is 1. The van der Waals surface area contributed by atoms with E-state index in [0.717, 1.165) is 14.5 Å². The number of hydrogen-bond donors (Lipinski definition) is 1. The maximum Gasteiger partial charge on any atom is 0.271 e. The molecule has 0 fully saturated rings. The molecule has 148 valence electrons. The van der Waals surface area contributed by atoms with Crippen LogP contribution >= 0.6 is 55.1 Å². The predicted molar refractivity (Wildman–Crippen MR) is 124 cm³/mol. The summed E-state index contributed by atoms with van der Waals surface area (Å²) >= 11 is 18.8. The average molecular weight is 557 g/mol. The van der Waals surface area contributed by atoms with Gasteiger partial charge in [-0.15, -0.1) is 0 Å². The van der Waals surface area contributed by atoms with E-state index in [9.17, 15) is 4.79 Å². The molecule has 0 bridgehead atoms. The lowest BCUT2D eigenvalue weighted by atomic mass is 10.2. The summed E-state index contributed by atoms with van der Waals surface area (Å²) < 4.78 is 7.58. The molecule has 3 rings (SSSR count). The van der Waals surface area contributed by atoms with Crippen molar-refractivity contribution in [3.05, 3.63) is 96.3 Å². The molecule has 0 aromatic heterocycles. The van der Waals surface area contributed by atoms with Gasteiger partial charge in [0, 0.05) is 15.6 Å². The van der Waals surface area contributed by atoms with E-state index in [4.69, 9.17) is 27.9 Å². The summed E-state index contributed by atoms with van der Waals surface area (Å²) in [5, 5.41) is 4.73. The third kappa shape index (κ3) is 6.06. The largest absolute Gasteiger partial charge is 0.487 e. The minimum atomic E-state index is -0.402. The van der Waals surface area contributed by atoms with Gasteiger partial charge in [0.05, 0.1) is 20.7 Å². The topological polar surface area (TPSA) is 50.7 Å². The predicted octanol–water partition coefficient (Wildman–Crippen LogP) is 6.86. The van der Waals surface area contributed by atoms with E-state index in [1.54, 1.807) is 12.1 Å². The van der Waals surface area contributed by atoms with E-state index < -0.39 is 5.91 Å². The van der Waals surface area contributed by atoms with Gasteiger partial charge in [-0.1, -0.05) is 69.5 Å². The molecule has 3 aromatic carbocycles. The van der Waals surface area contributed by atoms with Crippen molar-refractivity contribution in [3.8, 4) is 5.75 Å². The molecule has 0 unspecified atom stereocenters. The molecule has 0 spiro atoms. The molecule has 0 saturated heterocycles. The zero-order valence-electron chi connectivity index (χ0n) is 14.8. The van der Waals surface area contributed by atoms with Crippen LogP contribution in [0, 0.1) is 0 Å². The Balaban J connectivity index is 1.75. The lowest BCUT2D eigenvalue weighted by Gasteiger charge is -2.12. The van der Waals surface area contributed by atoms with E-state index in [2.05, 4.69) is 42.4 Å². The Morgan fingerprint density at radius 3 is 2.52 bits per heavy atom. The monoisotopic (exact) mass is 554 g/mol. The summed E-state index contributed by atoms with van der Waals surface area (Å²) in [4.78, 5) is 12.3. The van der Waals surface area contributed by atoms with Crippen molar-refractivity contribution in [2.45, 2.75) is 6.61 Å². The highest BCUT2D eigenvalue weighted by atomic mass is 79.9. The van der Waals surface area contributed by atoms with Gasteiger partial charge in [-0.25, -0.2) is 5.43 Å². The number of hydrogen-bond acceptors (Lipinski definition) is 3. The summed E-state index contributed by atoms with van der Waals surface area (Å²) in [6.45, 7) is 0.400. The number of ether oxygens (including phenoxy) is 1. The van der Waals surface area contributed by atoms with E-state index in [0.29, 0.717) is 33.5 Å². The van der Waals surface area contributed by atoms with Gasteiger partial charge in [0.1, 0.15) is 12.4 Å². The van der Waals surface area contributed by atoms with Crippen LogP contribution in [-0.4, -0.2) is 12.1 Å². The van der Waals surface area contributed by atoms with Gasteiger partial charge in [-0.2, -0.15) is 5.10 Å². The first kappa shape index (κ1) is 21.8. The van der Waals surface area contributed by atoms with Crippen molar-refractivity contribution in [1.29, 1.82) is 0 Å². The fourth-order valence-electron chi connectivity index (χ4n) is 2.42. The van der Waals surface area contributed by atoms with Crippen LogP contribution < -0.4 is 10.2 Å². The van der Waals surface area contributed by atoms with E-state index in [-0.39, 0.29) is 0 Å². The van der Waals surface area contributed by atoms with Gasteiger partial charge in [0.15, 0.2) is 0 Å². The molecule has 1 N–H and O–H groups in total. The fourth-order valence-corrected chi connectivity index (χ4v) is 4.09. The van der Waals surface area contributed by atoms with Gasteiger partial charge in [0.2, 0.25) is 0 Å². The van der Waals surface area contributed by atoms with E-state index in [1.165, 1.54) is 12.3 Å². The highest BCUT2D eigenvalue weighted by Gasteiger charge is 2.11. The van der Waals surface area contributed by atoms with Crippen LogP contribution in [0.15, 0.2) is 74.7 Å². The van der Waals surface area contributed by atoms with Crippen LogP contribution in [0.2, 0.25) is 10.0 Å². The zero-order chi connectivity index (χ0) is 20.8. The Morgan fingerprint density at radius 1 is 1.03 bits per heavy atom. The maximum atomic E-state index is 12.3. The van der Waals surface area contributed by atoms with Crippen LogP contribution in [0.4, 0.5) is 0 Å². The first-order valence-electron chi connectivity index (χ1n) is 8.38. The molecule has 0 atom stereocenters. The van der Waals surface area contributed by atoms with Crippen molar-refractivity contribution in [2.24, 2.45) is 5.10 Å². The highest BCUT2D eigenvalue weighted by Crippen LogP contribution is 2.32. The van der Waals surface area contributed by atoms with Crippen LogP contribution in [0.1, 0.15) is 21.5 Å². The summed E-state index contributed by atoms with van der Waals surface area (Å²) in [6, 6.07) is 18.2. The Hall–Kier alpha value is -1.86. The first-order valence-corrected chi connectivity index (χ1v) is 10.7. The number of hydrazone groups is 1. The number of carbonyl (C=O) groups excluding carboxylic acids is 1. The molecule has 0 aliphatic carbocycles. The summed E-state index contributed by atoms with van der Waals surface area (Å²) in [7, 11) is 0.